The Morgan fingerprint density at radius 1 is 1.00 bits per heavy atom. The minimum Gasteiger partial charge on any atom is -0.360 e. The monoisotopic (exact) mass is 208 g/mol. The first kappa shape index (κ1) is 11.0. The second kappa shape index (κ2) is 4.54. The normalized spacial score (nSPS) is 33.3. The van der Waals surface area contributed by atoms with Crippen molar-refractivity contribution in [2.24, 2.45) is 17.8 Å². The summed E-state index contributed by atoms with van der Waals surface area (Å²) >= 11 is 0. The lowest BCUT2D eigenvalue weighted by Crippen LogP contribution is -2.35. The quantitative estimate of drug-likeness (QED) is 0.520. The van der Waals surface area contributed by atoms with Crippen LogP contribution in [0.3, 0.4) is 0 Å². The van der Waals surface area contributed by atoms with Gasteiger partial charge in [-0.15, -0.1) is 0 Å². The van der Waals surface area contributed by atoms with Crippen LogP contribution in [0, 0.1) is 23.2 Å². The van der Waals surface area contributed by atoms with Gasteiger partial charge in [-0.25, -0.2) is 0 Å². The smallest absolute Gasteiger partial charge is 0.0989 e. The van der Waals surface area contributed by atoms with Crippen molar-refractivity contribution in [2.75, 3.05) is 13.1 Å². The van der Waals surface area contributed by atoms with E-state index in [1.807, 2.05) is 0 Å². The van der Waals surface area contributed by atoms with Gasteiger partial charge >= 0.3 is 0 Å². The molecule has 2 aliphatic rings. The summed E-state index contributed by atoms with van der Waals surface area (Å²) in [7, 11) is 0. The number of nitrogens with zero attached hydrogens (tertiary/aromatic N) is 1. The molecule has 1 saturated heterocycles. The highest BCUT2D eigenvalue weighted by Gasteiger charge is 2.31. The van der Waals surface area contributed by atoms with E-state index in [0.29, 0.717) is 5.92 Å². The molecule has 2 atom stereocenters. The Morgan fingerprint density at radius 3 is 2.07 bits per heavy atom. The van der Waals surface area contributed by atoms with Crippen LogP contribution < -0.4 is 0 Å². The van der Waals surface area contributed by atoms with E-state index in [1.165, 1.54) is 32.1 Å². The van der Waals surface area contributed by atoms with Gasteiger partial charge in [-0.05, 0) is 24.7 Å². The number of amidine groups is 1. The van der Waals surface area contributed by atoms with Gasteiger partial charge in [0.25, 0.3) is 0 Å². The lowest BCUT2D eigenvalue weighted by molar-refractivity contribution is 0.381. The summed E-state index contributed by atoms with van der Waals surface area (Å²) < 4.78 is 0. The highest BCUT2D eigenvalue weighted by atomic mass is 15.2. The number of hydrogen-bond donors (Lipinski definition) is 1. The van der Waals surface area contributed by atoms with Crippen molar-refractivity contribution in [3.05, 3.63) is 0 Å². The van der Waals surface area contributed by atoms with Crippen molar-refractivity contribution in [2.45, 2.75) is 46.0 Å². The van der Waals surface area contributed by atoms with E-state index in [2.05, 4.69) is 18.7 Å². The van der Waals surface area contributed by atoms with Gasteiger partial charge in [0.1, 0.15) is 0 Å². The molecular weight excluding hydrogens is 184 g/mol. The number of likely N-dealkylation sites (tertiary alicyclic amines) is 1. The van der Waals surface area contributed by atoms with Crippen LogP contribution in [0.4, 0.5) is 0 Å². The standard InChI is InChI=1S/C13H24N2/c1-10-8-15(9-11(10)2)13(14)12-6-4-3-5-7-12/h10-12,14H,3-9H2,1-2H3. The van der Waals surface area contributed by atoms with Crippen molar-refractivity contribution in [1.82, 2.24) is 4.90 Å². The largest absolute Gasteiger partial charge is 0.360 e. The first-order valence-corrected chi connectivity index (χ1v) is 6.52. The van der Waals surface area contributed by atoms with Crippen LogP contribution in [0.15, 0.2) is 0 Å². The molecule has 0 aromatic heterocycles. The molecule has 2 fully saturated rings. The highest BCUT2D eigenvalue weighted by Crippen LogP contribution is 2.29. The molecule has 2 nitrogen and oxygen atoms in total. The summed E-state index contributed by atoms with van der Waals surface area (Å²) in [6, 6.07) is 0. The molecule has 0 spiro atoms. The van der Waals surface area contributed by atoms with E-state index < -0.39 is 0 Å². The molecule has 2 heteroatoms. The zero-order chi connectivity index (χ0) is 10.8. The third-order valence-electron chi connectivity index (χ3n) is 4.32. The molecular formula is C13H24N2. The molecule has 1 heterocycles. The van der Waals surface area contributed by atoms with Crippen molar-refractivity contribution in [3.8, 4) is 0 Å². The van der Waals surface area contributed by atoms with Crippen molar-refractivity contribution < 1.29 is 0 Å². The lowest BCUT2D eigenvalue weighted by atomic mass is 9.88. The molecule has 15 heavy (non-hydrogen) atoms. The summed E-state index contributed by atoms with van der Waals surface area (Å²) in [5.74, 6) is 3.07. The van der Waals surface area contributed by atoms with E-state index in [0.717, 1.165) is 30.8 Å². The van der Waals surface area contributed by atoms with E-state index in [9.17, 15) is 0 Å². The summed E-state index contributed by atoms with van der Waals surface area (Å²) in [4.78, 5) is 2.34. The molecule has 1 saturated carbocycles. The second-order valence-electron chi connectivity index (χ2n) is 5.58. The first-order valence-electron chi connectivity index (χ1n) is 6.52. The van der Waals surface area contributed by atoms with Gasteiger partial charge < -0.3 is 4.90 Å². The van der Waals surface area contributed by atoms with E-state index in [-0.39, 0.29) is 0 Å². The van der Waals surface area contributed by atoms with Gasteiger partial charge in [-0.3, -0.25) is 5.41 Å². The number of hydrogen-bond acceptors (Lipinski definition) is 1. The molecule has 0 bridgehead atoms. The van der Waals surface area contributed by atoms with Crippen LogP contribution in [0.25, 0.3) is 0 Å². The number of nitrogens with one attached hydrogen (secondary N) is 1. The third kappa shape index (κ3) is 2.35. The minimum atomic E-state index is 0.580. The van der Waals surface area contributed by atoms with Gasteiger partial charge in [-0.2, -0.15) is 0 Å². The molecule has 0 amide bonds. The van der Waals surface area contributed by atoms with Crippen LogP contribution >= 0.6 is 0 Å². The molecule has 2 unspecified atom stereocenters. The molecule has 1 N–H and O–H groups in total. The fourth-order valence-electron chi connectivity index (χ4n) is 2.96. The van der Waals surface area contributed by atoms with Crippen LogP contribution in [0.2, 0.25) is 0 Å². The van der Waals surface area contributed by atoms with Gasteiger partial charge in [-0.1, -0.05) is 33.1 Å². The van der Waals surface area contributed by atoms with Crippen LogP contribution in [0.1, 0.15) is 46.0 Å². The second-order valence-corrected chi connectivity index (χ2v) is 5.58. The molecule has 86 valence electrons. The highest BCUT2D eigenvalue weighted by molar-refractivity contribution is 5.82. The van der Waals surface area contributed by atoms with Crippen molar-refractivity contribution >= 4 is 5.84 Å². The lowest BCUT2D eigenvalue weighted by Gasteiger charge is -2.29. The van der Waals surface area contributed by atoms with E-state index in [4.69, 9.17) is 5.41 Å². The van der Waals surface area contributed by atoms with E-state index >= 15 is 0 Å². The molecule has 0 radical (unpaired) electrons. The minimum absolute atomic E-state index is 0.580. The SMILES string of the molecule is CC1CN(C(=N)C2CCCCC2)CC1C. The van der Waals surface area contributed by atoms with Gasteiger partial charge in [0.05, 0.1) is 5.84 Å². The number of rotatable bonds is 1. The maximum atomic E-state index is 8.29. The predicted octanol–water partition coefficient (Wildman–Crippen LogP) is 3.13. The maximum Gasteiger partial charge on any atom is 0.0989 e. The molecule has 2 rings (SSSR count). The first-order chi connectivity index (χ1) is 7.18. The van der Waals surface area contributed by atoms with Crippen molar-refractivity contribution in [1.29, 1.82) is 5.41 Å². The van der Waals surface area contributed by atoms with Gasteiger partial charge in [0.15, 0.2) is 0 Å². The van der Waals surface area contributed by atoms with Crippen molar-refractivity contribution in [3.63, 3.8) is 0 Å². The summed E-state index contributed by atoms with van der Waals surface area (Å²) in [5, 5.41) is 8.29. The fraction of sp³-hybridized carbons (Fsp3) is 0.923. The molecule has 0 aromatic carbocycles. The Balaban J connectivity index is 1.90. The van der Waals surface area contributed by atoms with E-state index in [1.54, 1.807) is 0 Å². The maximum absolute atomic E-state index is 8.29. The summed E-state index contributed by atoms with van der Waals surface area (Å²) in [6.45, 7) is 6.88. The topological polar surface area (TPSA) is 27.1 Å². The fourth-order valence-corrected chi connectivity index (χ4v) is 2.96. The summed E-state index contributed by atoms with van der Waals surface area (Å²) in [5.41, 5.74) is 0. The van der Waals surface area contributed by atoms with Gasteiger partial charge in [0.2, 0.25) is 0 Å². The van der Waals surface area contributed by atoms with Crippen LogP contribution in [-0.4, -0.2) is 23.8 Å². The zero-order valence-corrected chi connectivity index (χ0v) is 10.1. The van der Waals surface area contributed by atoms with Gasteiger partial charge in [0, 0.05) is 19.0 Å². The molecule has 0 aromatic rings. The average Bonchev–Trinajstić information content (AvgIpc) is 2.59. The Bertz CT molecular complexity index is 221. The average molecular weight is 208 g/mol. The molecule has 1 aliphatic heterocycles. The Labute approximate surface area is 93.6 Å². The predicted molar refractivity (Wildman–Crippen MR) is 64.2 cm³/mol. The Hall–Kier alpha value is -0.530. The third-order valence-corrected chi connectivity index (χ3v) is 4.32. The van der Waals surface area contributed by atoms with Crippen LogP contribution in [-0.2, 0) is 0 Å². The zero-order valence-electron chi connectivity index (χ0n) is 10.1. The van der Waals surface area contributed by atoms with Crippen LogP contribution in [0.5, 0.6) is 0 Å². The Morgan fingerprint density at radius 2 is 1.53 bits per heavy atom. The Kier molecular flexibility index (Phi) is 3.32. The molecule has 1 aliphatic carbocycles. The summed E-state index contributed by atoms with van der Waals surface area (Å²) in [6.07, 6.45) is 6.59.